The number of nitrogens with one attached hydrogen (secondary N) is 1. The Kier molecular flexibility index (Phi) is 5.89. The van der Waals surface area contributed by atoms with Crippen LogP contribution in [0, 0.1) is 17.2 Å². The summed E-state index contributed by atoms with van der Waals surface area (Å²) in [7, 11) is -3.81. The number of benzene rings is 2. The van der Waals surface area contributed by atoms with E-state index in [1.165, 1.54) is 36.4 Å². The van der Waals surface area contributed by atoms with Crippen LogP contribution in [0.3, 0.4) is 0 Å². The van der Waals surface area contributed by atoms with Gasteiger partial charge in [-0.1, -0.05) is 24.3 Å². The molecule has 0 saturated heterocycles. The number of halogens is 4. The van der Waals surface area contributed by atoms with E-state index in [2.05, 4.69) is 4.72 Å². The lowest BCUT2D eigenvalue weighted by Gasteiger charge is -2.46. The zero-order chi connectivity index (χ0) is 22.3. The second kappa shape index (κ2) is 8.20. The molecule has 168 valence electrons. The highest BCUT2D eigenvalue weighted by molar-refractivity contribution is 7.89. The Morgan fingerprint density at radius 2 is 1.58 bits per heavy atom. The van der Waals surface area contributed by atoms with E-state index in [0.717, 1.165) is 50.7 Å². The lowest BCUT2D eigenvalue weighted by molar-refractivity contribution is -0.137. The molecule has 5 rings (SSSR count). The van der Waals surface area contributed by atoms with Gasteiger partial charge in [0.1, 0.15) is 5.82 Å². The van der Waals surface area contributed by atoms with Crippen molar-refractivity contribution >= 4 is 10.0 Å². The van der Waals surface area contributed by atoms with Gasteiger partial charge in [0.2, 0.25) is 10.0 Å². The second-order valence-corrected chi connectivity index (χ2v) is 10.7. The molecule has 3 aliphatic rings. The first kappa shape index (κ1) is 22.3. The molecule has 8 heteroatoms. The molecule has 2 bridgehead atoms. The highest BCUT2D eigenvalue weighted by Gasteiger charge is 2.43. The Morgan fingerprint density at radius 3 is 2.16 bits per heavy atom. The largest absolute Gasteiger partial charge is 0.416 e. The maximum atomic E-state index is 13.4. The Hall–Kier alpha value is -1.93. The molecule has 2 aromatic rings. The van der Waals surface area contributed by atoms with Crippen molar-refractivity contribution in [1.82, 2.24) is 4.72 Å². The van der Waals surface area contributed by atoms with Gasteiger partial charge in [-0.2, -0.15) is 13.2 Å². The molecule has 0 radical (unpaired) electrons. The van der Waals surface area contributed by atoms with E-state index in [0.29, 0.717) is 11.5 Å². The number of alkyl halides is 3. The van der Waals surface area contributed by atoms with Crippen LogP contribution in [0.15, 0.2) is 48.5 Å². The molecule has 2 aromatic carbocycles. The molecule has 0 aromatic heterocycles. The molecule has 31 heavy (non-hydrogen) atoms. The summed E-state index contributed by atoms with van der Waals surface area (Å²) in [5, 5.41) is 0. The minimum Gasteiger partial charge on any atom is -0.212 e. The van der Waals surface area contributed by atoms with E-state index in [-0.39, 0.29) is 16.7 Å². The number of rotatable bonds is 6. The lowest BCUT2D eigenvalue weighted by Crippen LogP contribution is -2.43. The topological polar surface area (TPSA) is 46.2 Å². The zero-order valence-electron chi connectivity index (χ0n) is 17.0. The molecule has 1 N–H and O–H groups in total. The molecule has 0 heterocycles. The van der Waals surface area contributed by atoms with Crippen LogP contribution in [0.5, 0.6) is 0 Å². The SMILES string of the molecule is O=S(=O)(CC12CCC(CC1)CC2)NC(c1ccc(F)cc1)c1cccc(C(F)(F)F)c1. The van der Waals surface area contributed by atoms with Crippen molar-refractivity contribution in [3.8, 4) is 0 Å². The van der Waals surface area contributed by atoms with Gasteiger partial charge in [-0.05, 0) is 85.3 Å². The molecular weight excluding hydrogens is 430 g/mol. The summed E-state index contributed by atoms with van der Waals surface area (Å²) in [6.45, 7) is 0. The van der Waals surface area contributed by atoms with Crippen molar-refractivity contribution in [2.75, 3.05) is 5.75 Å². The fraction of sp³-hybridized carbons (Fsp3) is 0.478. The van der Waals surface area contributed by atoms with Crippen LogP contribution in [0.2, 0.25) is 0 Å². The smallest absolute Gasteiger partial charge is 0.212 e. The number of sulfonamides is 1. The molecule has 3 nitrogen and oxygen atoms in total. The second-order valence-electron chi connectivity index (χ2n) is 8.97. The Balaban J connectivity index is 1.65. The van der Waals surface area contributed by atoms with Crippen LogP contribution in [0.25, 0.3) is 0 Å². The number of fused-ring (bicyclic) bond motifs is 3. The third-order valence-corrected chi connectivity index (χ3v) is 8.38. The van der Waals surface area contributed by atoms with E-state index >= 15 is 0 Å². The van der Waals surface area contributed by atoms with Gasteiger partial charge < -0.3 is 0 Å². The predicted molar refractivity (Wildman–Crippen MR) is 110 cm³/mol. The van der Waals surface area contributed by atoms with Gasteiger partial charge in [-0.3, -0.25) is 0 Å². The van der Waals surface area contributed by atoms with Crippen LogP contribution in [0.4, 0.5) is 17.6 Å². The number of hydrogen-bond donors (Lipinski definition) is 1. The van der Waals surface area contributed by atoms with Crippen LogP contribution in [-0.2, 0) is 16.2 Å². The van der Waals surface area contributed by atoms with Crippen LogP contribution < -0.4 is 4.72 Å². The van der Waals surface area contributed by atoms with Crippen molar-refractivity contribution in [3.05, 3.63) is 71.0 Å². The number of hydrogen-bond acceptors (Lipinski definition) is 2. The molecule has 3 aliphatic carbocycles. The minimum absolute atomic E-state index is 0.0383. The summed E-state index contributed by atoms with van der Waals surface area (Å²) in [6.07, 6.45) is 1.14. The van der Waals surface area contributed by atoms with Crippen LogP contribution in [-0.4, -0.2) is 14.2 Å². The zero-order valence-corrected chi connectivity index (χ0v) is 17.8. The third kappa shape index (κ3) is 5.12. The van der Waals surface area contributed by atoms with Gasteiger partial charge in [0, 0.05) is 0 Å². The van der Waals surface area contributed by atoms with Crippen molar-refractivity contribution in [3.63, 3.8) is 0 Å². The first-order valence-electron chi connectivity index (χ1n) is 10.5. The van der Waals surface area contributed by atoms with E-state index in [1.54, 1.807) is 0 Å². The standard InChI is InChI=1S/C23H25F4NO2S/c24-20-6-4-17(5-7-20)21(18-2-1-3-19(14-18)23(25,26)27)28-31(29,30)15-22-11-8-16(9-12-22)10-13-22/h1-7,14,16,21,28H,8-13,15H2. The van der Waals surface area contributed by atoms with E-state index in [9.17, 15) is 26.0 Å². The molecule has 3 saturated carbocycles. The van der Waals surface area contributed by atoms with Gasteiger partial charge in [0.15, 0.2) is 0 Å². The molecule has 1 unspecified atom stereocenters. The van der Waals surface area contributed by atoms with E-state index < -0.39 is 33.6 Å². The Labute approximate surface area is 179 Å². The minimum atomic E-state index is -4.55. The van der Waals surface area contributed by atoms with Gasteiger partial charge >= 0.3 is 6.18 Å². The monoisotopic (exact) mass is 455 g/mol. The van der Waals surface area contributed by atoms with Gasteiger partial charge in [0.25, 0.3) is 0 Å². The van der Waals surface area contributed by atoms with Gasteiger partial charge in [0.05, 0.1) is 17.4 Å². The Bertz CT molecular complexity index is 1010. The fourth-order valence-corrected chi connectivity index (χ4v) is 7.01. The average molecular weight is 456 g/mol. The maximum absolute atomic E-state index is 13.4. The van der Waals surface area contributed by atoms with Gasteiger partial charge in [-0.15, -0.1) is 0 Å². The quantitative estimate of drug-likeness (QED) is 0.558. The Morgan fingerprint density at radius 1 is 0.968 bits per heavy atom. The summed E-state index contributed by atoms with van der Waals surface area (Å²) in [5.41, 5.74) is -0.577. The molecule has 0 aliphatic heterocycles. The summed E-state index contributed by atoms with van der Waals surface area (Å²) < 4.78 is 82.2. The van der Waals surface area contributed by atoms with Crippen LogP contribution >= 0.6 is 0 Å². The highest BCUT2D eigenvalue weighted by Crippen LogP contribution is 2.50. The van der Waals surface area contributed by atoms with Crippen molar-refractivity contribution in [1.29, 1.82) is 0 Å². The molecule has 3 fully saturated rings. The summed E-state index contributed by atoms with van der Waals surface area (Å²) in [6, 6.07) is 8.69. The molecule has 1 atom stereocenters. The van der Waals surface area contributed by atoms with Crippen molar-refractivity contribution < 1.29 is 26.0 Å². The third-order valence-electron chi connectivity index (χ3n) is 6.79. The van der Waals surface area contributed by atoms with E-state index in [4.69, 9.17) is 0 Å². The first-order valence-corrected chi connectivity index (χ1v) is 12.1. The normalized spacial score (nSPS) is 24.8. The summed E-state index contributed by atoms with van der Waals surface area (Å²) >= 11 is 0. The maximum Gasteiger partial charge on any atom is 0.416 e. The first-order chi connectivity index (χ1) is 14.6. The molecular formula is C23H25F4NO2S. The predicted octanol–water partition coefficient (Wildman–Crippen LogP) is 5.82. The molecule has 0 spiro atoms. The summed E-state index contributed by atoms with van der Waals surface area (Å²) in [4.78, 5) is 0. The van der Waals surface area contributed by atoms with Crippen LogP contribution in [0.1, 0.15) is 61.3 Å². The van der Waals surface area contributed by atoms with Gasteiger partial charge in [-0.25, -0.2) is 17.5 Å². The average Bonchev–Trinajstić information content (AvgIpc) is 2.73. The van der Waals surface area contributed by atoms with E-state index in [1.807, 2.05) is 0 Å². The van der Waals surface area contributed by atoms with Crippen molar-refractivity contribution in [2.45, 2.75) is 50.7 Å². The molecule has 0 amide bonds. The lowest BCUT2D eigenvalue weighted by atomic mass is 9.62. The highest BCUT2D eigenvalue weighted by atomic mass is 32.2. The van der Waals surface area contributed by atoms with Crippen molar-refractivity contribution in [2.24, 2.45) is 11.3 Å². The fourth-order valence-electron chi connectivity index (χ4n) is 5.06. The summed E-state index contributed by atoms with van der Waals surface area (Å²) in [5.74, 6) is 0.144.